The Balaban J connectivity index is 2.73. The lowest BCUT2D eigenvalue weighted by molar-refractivity contribution is -0.107. The van der Waals surface area contributed by atoms with Gasteiger partial charge < -0.3 is 10.1 Å². The molecular weight excluding hydrogens is 210 g/mol. The van der Waals surface area contributed by atoms with Crippen molar-refractivity contribution < 1.29 is 4.79 Å². The van der Waals surface area contributed by atoms with Crippen molar-refractivity contribution in [3.05, 3.63) is 35.4 Å². The summed E-state index contributed by atoms with van der Waals surface area (Å²) in [6.07, 6.45) is 0.901. The smallest absolute Gasteiger partial charge is 0.133 e. The van der Waals surface area contributed by atoms with Crippen LogP contribution in [-0.2, 0) is 10.2 Å². The first-order valence-corrected chi connectivity index (χ1v) is 6.22. The highest BCUT2D eigenvalue weighted by molar-refractivity contribution is 5.51. The van der Waals surface area contributed by atoms with Crippen LogP contribution in [0.3, 0.4) is 0 Å². The van der Waals surface area contributed by atoms with Crippen molar-refractivity contribution in [2.45, 2.75) is 39.0 Å². The van der Waals surface area contributed by atoms with Crippen LogP contribution < -0.4 is 5.32 Å². The van der Waals surface area contributed by atoms with E-state index in [4.69, 9.17) is 0 Å². The Morgan fingerprint density at radius 2 is 1.82 bits per heavy atom. The number of carbonyl (C=O) groups excluding carboxylic acids is 1. The normalized spacial score (nSPS) is 11.8. The molecule has 0 bridgehead atoms. The van der Waals surface area contributed by atoms with E-state index in [2.05, 4.69) is 57.3 Å². The van der Waals surface area contributed by atoms with Crippen molar-refractivity contribution in [1.82, 2.24) is 5.32 Å². The third-order valence-corrected chi connectivity index (χ3v) is 3.15. The number of aldehydes is 1. The maximum absolute atomic E-state index is 10.3. The fraction of sp³-hybridized carbons (Fsp3) is 0.533. The van der Waals surface area contributed by atoms with E-state index in [1.54, 1.807) is 0 Å². The van der Waals surface area contributed by atoms with Gasteiger partial charge in [-0.3, -0.25) is 0 Å². The van der Waals surface area contributed by atoms with Gasteiger partial charge >= 0.3 is 0 Å². The Kier molecular flexibility index (Phi) is 4.88. The molecule has 1 N–H and O–H groups in total. The molecule has 94 valence electrons. The van der Waals surface area contributed by atoms with Gasteiger partial charge in [-0.25, -0.2) is 0 Å². The van der Waals surface area contributed by atoms with Crippen LogP contribution in [0.15, 0.2) is 24.3 Å². The minimum Gasteiger partial charge on any atom is -0.309 e. The molecule has 0 unspecified atom stereocenters. The summed E-state index contributed by atoms with van der Waals surface area (Å²) in [4.78, 5) is 10.3. The van der Waals surface area contributed by atoms with Crippen molar-refractivity contribution in [1.29, 1.82) is 0 Å². The molecular formula is C15H23NO. The van der Waals surface area contributed by atoms with Crippen LogP contribution in [0.25, 0.3) is 0 Å². The summed E-state index contributed by atoms with van der Waals surface area (Å²) >= 11 is 0. The summed E-state index contributed by atoms with van der Waals surface area (Å²) in [5, 5.41) is 3.14. The SMILES string of the molecule is CC(C)c1ccc(C(C)(C)CNCC=O)cc1. The molecule has 0 spiro atoms. The van der Waals surface area contributed by atoms with E-state index in [0.717, 1.165) is 12.8 Å². The highest BCUT2D eigenvalue weighted by Crippen LogP contribution is 2.24. The number of benzene rings is 1. The van der Waals surface area contributed by atoms with Crippen LogP contribution in [0.1, 0.15) is 44.7 Å². The van der Waals surface area contributed by atoms with E-state index in [1.165, 1.54) is 11.1 Å². The lowest BCUT2D eigenvalue weighted by Gasteiger charge is -2.25. The topological polar surface area (TPSA) is 29.1 Å². The van der Waals surface area contributed by atoms with E-state index in [1.807, 2.05) is 0 Å². The van der Waals surface area contributed by atoms with E-state index >= 15 is 0 Å². The third-order valence-electron chi connectivity index (χ3n) is 3.15. The van der Waals surface area contributed by atoms with Gasteiger partial charge in [0.15, 0.2) is 0 Å². The summed E-state index contributed by atoms with van der Waals surface area (Å²) in [6.45, 7) is 10.0. The lowest BCUT2D eigenvalue weighted by Crippen LogP contribution is -2.33. The fourth-order valence-corrected chi connectivity index (χ4v) is 1.86. The quantitative estimate of drug-likeness (QED) is 0.604. The van der Waals surface area contributed by atoms with Crippen molar-refractivity contribution in [3.63, 3.8) is 0 Å². The minimum absolute atomic E-state index is 0.0541. The monoisotopic (exact) mass is 233 g/mol. The van der Waals surface area contributed by atoms with Gasteiger partial charge in [0.25, 0.3) is 0 Å². The number of hydrogen-bond acceptors (Lipinski definition) is 2. The van der Waals surface area contributed by atoms with Gasteiger partial charge in [0, 0.05) is 12.0 Å². The Bertz CT molecular complexity index is 352. The van der Waals surface area contributed by atoms with Gasteiger partial charge in [-0.2, -0.15) is 0 Å². The van der Waals surface area contributed by atoms with Crippen LogP contribution in [0.5, 0.6) is 0 Å². The van der Waals surface area contributed by atoms with E-state index < -0.39 is 0 Å². The predicted molar refractivity (Wildman–Crippen MR) is 72.5 cm³/mol. The van der Waals surface area contributed by atoms with Crippen LogP contribution >= 0.6 is 0 Å². The first kappa shape index (κ1) is 13.9. The molecule has 0 heterocycles. The first-order valence-electron chi connectivity index (χ1n) is 6.22. The number of hydrogen-bond donors (Lipinski definition) is 1. The Morgan fingerprint density at radius 1 is 1.24 bits per heavy atom. The summed E-state index contributed by atoms with van der Waals surface area (Å²) in [5.74, 6) is 0.570. The first-order chi connectivity index (χ1) is 7.97. The molecule has 0 aliphatic heterocycles. The Labute approximate surface area is 104 Å². The minimum atomic E-state index is 0.0541. The van der Waals surface area contributed by atoms with Gasteiger partial charge in [-0.15, -0.1) is 0 Å². The van der Waals surface area contributed by atoms with E-state index in [-0.39, 0.29) is 5.41 Å². The molecule has 17 heavy (non-hydrogen) atoms. The van der Waals surface area contributed by atoms with Gasteiger partial charge in [-0.1, -0.05) is 52.0 Å². The van der Waals surface area contributed by atoms with E-state index in [9.17, 15) is 4.79 Å². The molecule has 0 aliphatic carbocycles. The zero-order chi connectivity index (χ0) is 12.9. The zero-order valence-electron chi connectivity index (χ0n) is 11.3. The van der Waals surface area contributed by atoms with Gasteiger partial charge in [0.2, 0.25) is 0 Å². The standard InChI is InChI=1S/C15H23NO/c1-12(2)13-5-7-14(8-6-13)15(3,4)11-16-9-10-17/h5-8,10,12,16H,9,11H2,1-4H3. The molecule has 1 aromatic rings. The number of nitrogens with one attached hydrogen (secondary N) is 1. The predicted octanol–water partition coefficient (Wildman–Crippen LogP) is 2.88. The second kappa shape index (κ2) is 5.97. The van der Waals surface area contributed by atoms with Gasteiger partial charge in [-0.05, 0) is 17.0 Å². The largest absolute Gasteiger partial charge is 0.309 e. The van der Waals surface area contributed by atoms with Crippen molar-refractivity contribution >= 4 is 6.29 Å². The highest BCUT2D eigenvalue weighted by Gasteiger charge is 2.19. The van der Waals surface area contributed by atoms with Crippen molar-refractivity contribution in [2.24, 2.45) is 0 Å². The van der Waals surface area contributed by atoms with Crippen LogP contribution in [0, 0.1) is 0 Å². The summed E-state index contributed by atoms with van der Waals surface area (Å²) in [6, 6.07) is 8.78. The average molecular weight is 233 g/mol. The molecule has 0 amide bonds. The Hall–Kier alpha value is -1.15. The molecule has 2 nitrogen and oxygen atoms in total. The van der Waals surface area contributed by atoms with Crippen molar-refractivity contribution in [3.8, 4) is 0 Å². The van der Waals surface area contributed by atoms with Crippen LogP contribution in [-0.4, -0.2) is 19.4 Å². The molecule has 0 fully saturated rings. The van der Waals surface area contributed by atoms with Crippen LogP contribution in [0.4, 0.5) is 0 Å². The number of rotatable bonds is 6. The maximum Gasteiger partial charge on any atom is 0.133 e. The summed E-state index contributed by atoms with van der Waals surface area (Å²) in [5.41, 5.74) is 2.73. The second-order valence-electron chi connectivity index (χ2n) is 5.46. The maximum atomic E-state index is 10.3. The average Bonchev–Trinajstić information content (AvgIpc) is 2.29. The fourth-order valence-electron chi connectivity index (χ4n) is 1.86. The summed E-state index contributed by atoms with van der Waals surface area (Å²) in [7, 11) is 0. The molecule has 0 atom stereocenters. The van der Waals surface area contributed by atoms with Crippen LogP contribution in [0.2, 0.25) is 0 Å². The second-order valence-corrected chi connectivity index (χ2v) is 5.46. The third kappa shape index (κ3) is 3.97. The van der Waals surface area contributed by atoms with Crippen molar-refractivity contribution in [2.75, 3.05) is 13.1 Å². The molecule has 1 rings (SSSR count). The highest BCUT2D eigenvalue weighted by atomic mass is 16.1. The van der Waals surface area contributed by atoms with Gasteiger partial charge in [0.1, 0.15) is 6.29 Å². The lowest BCUT2D eigenvalue weighted by atomic mass is 9.83. The molecule has 1 aromatic carbocycles. The molecule has 0 radical (unpaired) electrons. The molecule has 0 aromatic heterocycles. The molecule has 0 saturated carbocycles. The molecule has 2 heteroatoms. The summed E-state index contributed by atoms with van der Waals surface area (Å²) < 4.78 is 0. The molecule has 0 saturated heterocycles. The van der Waals surface area contributed by atoms with E-state index in [0.29, 0.717) is 12.5 Å². The molecule has 0 aliphatic rings. The number of carbonyl (C=O) groups is 1. The van der Waals surface area contributed by atoms with Gasteiger partial charge in [0.05, 0.1) is 6.54 Å². The zero-order valence-corrected chi connectivity index (χ0v) is 11.3. The Morgan fingerprint density at radius 3 is 2.29 bits per heavy atom.